The van der Waals surface area contributed by atoms with Crippen molar-refractivity contribution in [2.24, 2.45) is 0 Å². The maximum atomic E-state index is 11.6. The van der Waals surface area contributed by atoms with Gasteiger partial charge in [0, 0.05) is 31.5 Å². The fourth-order valence-electron chi connectivity index (χ4n) is 3.65. The minimum absolute atomic E-state index is 0.0780. The fraction of sp³-hybridized carbons (Fsp3) is 0.115. The number of carbonyl (C=O) groups is 1. The number of hydrogen-bond acceptors (Lipinski definition) is 4. The second-order valence-electron chi connectivity index (χ2n) is 7.24. The number of hydrogen-bond donors (Lipinski definition) is 1. The average molecular weight is 409 g/mol. The van der Waals surface area contributed by atoms with Gasteiger partial charge in [-0.1, -0.05) is 36.4 Å². The van der Waals surface area contributed by atoms with Crippen LogP contribution in [0.4, 0.5) is 17.1 Å². The Hall–Kier alpha value is -3.99. The fourth-order valence-corrected chi connectivity index (χ4v) is 3.65. The molecule has 1 amide bonds. The molecule has 4 rings (SSSR count). The van der Waals surface area contributed by atoms with Gasteiger partial charge in [0.05, 0.1) is 23.8 Å². The summed E-state index contributed by atoms with van der Waals surface area (Å²) in [7, 11) is 0. The number of pyridine rings is 2. The third kappa shape index (κ3) is 5.14. The molecule has 0 radical (unpaired) electrons. The van der Waals surface area contributed by atoms with E-state index in [4.69, 9.17) is 0 Å². The van der Waals surface area contributed by atoms with E-state index in [1.165, 1.54) is 6.92 Å². The molecule has 2 aromatic carbocycles. The van der Waals surface area contributed by atoms with Crippen molar-refractivity contribution in [1.29, 1.82) is 0 Å². The van der Waals surface area contributed by atoms with Gasteiger partial charge < -0.3 is 10.2 Å². The summed E-state index contributed by atoms with van der Waals surface area (Å²) < 4.78 is 0. The van der Waals surface area contributed by atoms with E-state index in [-0.39, 0.29) is 5.91 Å². The molecule has 0 aliphatic rings. The van der Waals surface area contributed by atoms with E-state index in [1.54, 1.807) is 12.4 Å². The Bertz CT molecular complexity index is 1090. The van der Waals surface area contributed by atoms with Gasteiger partial charge in [-0.15, -0.1) is 0 Å². The summed E-state index contributed by atoms with van der Waals surface area (Å²) in [6.07, 6.45) is 8.05. The molecule has 0 aliphatic carbocycles. The molecule has 0 saturated heterocycles. The van der Waals surface area contributed by atoms with E-state index < -0.39 is 0 Å². The molecule has 0 saturated carbocycles. The van der Waals surface area contributed by atoms with E-state index in [0.29, 0.717) is 0 Å². The van der Waals surface area contributed by atoms with Crippen LogP contribution in [0.25, 0.3) is 11.1 Å². The van der Waals surface area contributed by atoms with Gasteiger partial charge in [0.25, 0.3) is 0 Å². The average Bonchev–Trinajstić information content (AvgIpc) is 2.81. The van der Waals surface area contributed by atoms with Gasteiger partial charge in [-0.2, -0.15) is 0 Å². The number of aromatic nitrogens is 2. The van der Waals surface area contributed by atoms with Gasteiger partial charge in [-0.3, -0.25) is 14.8 Å². The zero-order chi connectivity index (χ0) is 21.5. The highest BCUT2D eigenvalue weighted by atomic mass is 16.1. The predicted molar refractivity (Wildman–Crippen MR) is 125 cm³/mol. The summed E-state index contributed by atoms with van der Waals surface area (Å²) in [6, 6.07) is 24.4. The molecular weight excluding hydrogens is 384 g/mol. The summed E-state index contributed by atoms with van der Waals surface area (Å²) >= 11 is 0. The number of anilines is 3. The van der Waals surface area contributed by atoms with Crippen molar-refractivity contribution < 1.29 is 4.79 Å². The lowest BCUT2D eigenvalue weighted by Crippen LogP contribution is -2.21. The van der Waals surface area contributed by atoms with Gasteiger partial charge >= 0.3 is 0 Å². The maximum Gasteiger partial charge on any atom is 0.221 e. The number of amides is 1. The zero-order valence-electron chi connectivity index (χ0n) is 17.4. The molecule has 4 aromatic rings. The van der Waals surface area contributed by atoms with Crippen LogP contribution in [0.3, 0.4) is 0 Å². The topological polar surface area (TPSA) is 58.1 Å². The highest BCUT2D eigenvalue weighted by Gasteiger charge is 2.13. The highest BCUT2D eigenvalue weighted by molar-refractivity contribution is 5.89. The Balaban J connectivity index is 1.68. The smallest absolute Gasteiger partial charge is 0.221 e. The van der Waals surface area contributed by atoms with E-state index in [0.717, 1.165) is 46.7 Å². The standard InChI is InChI=1S/C26H24N4O/c1-20(31)29-23-11-12-26(21-7-3-2-4-8-21)22(17-23)13-16-30(24-9-5-14-27-18-24)25-10-6-15-28-19-25/h2-12,14-15,17-19H,13,16H2,1H3,(H,29,31). The van der Waals surface area contributed by atoms with Crippen LogP contribution < -0.4 is 10.2 Å². The van der Waals surface area contributed by atoms with E-state index in [9.17, 15) is 4.79 Å². The Morgan fingerprint density at radius 1 is 0.871 bits per heavy atom. The highest BCUT2D eigenvalue weighted by Crippen LogP contribution is 2.29. The van der Waals surface area contributed by atoms with Crippen molar-refractivity contribution >= 4 is 23.0 Å². The lowest BCUT2D eigenvalue weighted by Gasteiger charge is -2.25. The summed E-state index contributed by atoms with van der Waals surface area (Å²) in [5.41, 5.74) is 6.30. The lowest BCUT2D eigenvalue weighted by atomic mass is 9.96. The Kier molecular flexibility index (Phi) is 6.33. The molecule has 1 N–H and O–H groups in total. The molecule has 0 atom stereocenters. The quantitative estimate of drug-likeness (QED) is 0.440. The van der Waals surface area contributed by atoms with E-state index in [1.807, 2.05) is 60.9 Å². The Morgan fingerprint density at radius 2 is 1.55 bits per heavy atom. The van der Waals surface area contributed by atoms with Crippen LogP contribution in [0.2, 0.25) is 0 Å². The monoisotopic (exact) mass is 408 g/mol. The third-order valence-corrected chi connectivity index (χ3v) is 5.03. The first-order valence-corrected chi connectivity index (χ1v) is 10.2. The van der Waals surface area contributed by atoms with Gasteiger partial charge in [0.15, 0.2) is 0 Å². The van der Waals surface area contributed by atoms with Crippen LogP contribution in [-0.4, -0.2) is 22.4 Å². The van der Waals surface area contributed by atoms with Crippen LogP contribution in [-0.2, 0) is 11.2 Å². The summed E-state index contributed by atoms with van der Waals surface area (Å²) in [6.45, 7) is 2.26. The lowest BCUT2D eigenvalue weighted by molar-refractivity contribution is -0.114. The van der Waals surface area contributed by atoms with Crippen LogP contribution in [0.15, 0.2) is 97.6 Å². The first-order valence-electron chi connectivity index (χ1n) is 10.2. The summed E-state index contributed by atoms with van der Waals surface area (Å²) in [5, 5.41) is 2.90. The number of rotatable bonds is 7. The second-order valence-corrected chi connectivity index (χ2v) is 7.24. The van der Waals surface area contributed by atoms with Crippen LogP contribution in [0.5, 0.6) is 0 Å². The zero-order valence-corrected chi connectivity index (χ0v) is 17.4. The van der Waals surface area contributed by atoms with Crippen LogP contribution in [0.1, 0.15) is 12.5 Å². The molecule has 5 heteroatoms. The number of nitrogens with one attached hydrogen (secondary N) is 1. The molecule has 0 unspecified atom stereocenters. The summed E-state index contributed by atoms with van der Waals surface area (Å²) in [5.74, 6) is -0.0780. The van der Waals surface area contributed by atoms with Crippen molar-refractivity contribution in [2.75, 3.05) is 16.8 Å². The first-order chi connectivity index (χ1) is 15.2. The number of nitrogens with zero attached hydrogens (tertiary/aromatic N) is 3. The SMILES string of the molecule is CC(=O)Nc1ccc(-c2ccccc2)c(CCN(c2cccnc2)c2cccnc2)c1. The van der Waals surface area contributed by atoms with Crippen molar-refractivity contribution in [2.45, 2.75) is 13.3 Å². The molecule has 2 heterocycles. The molecule has 0 spiro atoms. The molecule has 0 bridgehead atoms. The summed E-state index contributed by atoms with van der Waals surface area (Å²) in [4.78, 5) is 22.4. The molecule has 5 nitrogen and oxygen atoms in total. The predicted octanol–water partition coefficient (Wildman–Crippen LogP) is 5.48. The van der Waals surface area contributed by atoms with Gasteiger partial charge in [0.1, 0.15) is 0 Å². The minimum atomic E-state index is -0.0780. The van der Waals surface area contributed by atoms with Gasteiger partial charge in [-0.25, -0.2) is 0 Å². The number of carbonyl (C=O) groups excluding carboxylic acids is 1. The normalized spacial score (nSPS) is 10.5. The number of benzene rings is 2. The second kappa shape index (κ2) is 9.67. The largest absolute Gasteiger partial charge is 0.339 e. The Labute approximate surface area is 182 Å². The Morgan fingerprint density at radius 3 is 2.13 bits per heavy atom. The van der Waals surface area contributed by atoms with E-state index >= 15 is 0 Å². The van der Waals surface area contributed by atoms with Gasteiger partial charge in [0.2, 0.25) is 5.91 Å². The molecule has 31 heavy (non-hydrogen) atoms. The van der Waals surface area contributed by atoms with Crippen LogP contribution >= 0.6 is 0 Å². The van der Waals surface area contributed by atoms with Crippen LogP contribution in [0, 0.1) is 0 Å². The molecule has 0 aliphatic heterocycles. The van der Waals surface area contributed by atoms with Gasteiger partial charge in [-0.05, 0) is 59.5 Å². The molecular formula is C26H24N4O. The minimum Gasteiger partial charge on any atom is -0.339 e. The van der Waals surface area contributed by atoms with E-state index in [2.05, 4.69) is 44.5 Å². The van der Waals surface area contributed by atoms with Crippen molar-refractivity contribution in [3.8, 4) is 11.1 Å². The molecule has 154 valence electrons. The molecule has 2 aromatic heterocycles. The maximum absolute atomic E-state index is 11.6. The van der Waals surface area contributed by atoms with Crippen molar-refractivity contribution in [3.63, 3.8) is 0 Å². The van der Waals surface area contributed by atoms with Crippen molar-refractivity contribution in [3.05, 3.63) is 103 Å². The molecule has 0 fully saturated rings. The third-order valence-electron chi connectivity index (χ3n) is 5.03. The van der Waals surface area contributed by atoms with Crippen molar-refractivity contribution in [1.82, 2.24) is 9.97 Å². The first kappa shape index (κ1) is 20.3.